The molecule has 1 N–H and O–H groups in total. The van der Waals surface area contributed by atoms with Crippen molar-refractivity contribution in [2.24, 2.45) is 0 Å². The van der Waals surface area contributed by atoms with E-state index in [1.807, 2.05) is 29.6 Å². The summed E-state index contributed by atoms with van der Waals surface area (Å²) in [6.45, 7) is 0. The highest BCUT2D eigenvalue weighted by Gasteiger charge is 2.22. The van der Waals surface area contributed by atoms with Gasteiger partial charge in [-0.1, -0.05) is 6.07 Å². The van der Waals surface area contributed by atoms with Gasteiger partial charge in [-0.15, -0.1) is 21.5 Å². The second-order valence-corrected chi connectivity index (χ2v) is 5.53. The zero-order valence-corrected chi connectivity index (χ0v) is 12.2. The van der Waals surface area contributed by atoms with Gasteiger partial charge in [0, 0.05) is 29.6 Å². The van der Waals surface area contributed by atoms with Crippen LogP contribution in [0.3, 0.4) is 0 Å². The number of hydrogen-bond acceptors (Lipinski definition) is 7. The van der Waals surface area contributed by atoms with Crippen molar-refractivity contribution in [2.45, 2.75) is 12.8 Å². The third kappa shape index (κ3) is 3.12. The monoisotopic (exact) mass is 313 g/mol. The standard InChI is InChI=1S/C14H11N5O2S/c20-11(13(21)14-16-18-19-17-14)8-12-9(4-6-22-12)7-10-3-1-2-5-15-10/h1-6H,7-8H2,(H,16,17,18,19). The summed E-state index contributed by atoms with van der Waals surface area (Å²) in [5, 5.41) is 14.4. The van der Waals surface area contributed by atoms with Crippen molar-refractivity contribution in [1.82, 2.24) is 25.6 Å². The highest BCUT2D eigenvalue weighted by molar-refractivity contribution is 7.10. The average molecular weight is 313 g/mol. The molecular weight excluding hydrogens is 302 g/mol. The molecule has 0 aliphatic carbocycles. The predicted octanol–water partition coefficient (Wildman–Crippen LogP) is 1.24. The number of Topliss-reactive ketones (excluding diaryl/α,β-unsaturated/α-hetero) is 2. The van der Waals surface area contributed by atoms with E-state index < -0.39 is 11.6 Å². The number of aromatic amines is 1. The first-order valence-corrected chi connectivity index (χ1v) is 7.38. The van der Waals surface area contributed by atoms with Crippen molar-refractivity contribution in [3.05, 3.63) is 57.8 Å². The van der Waals surface area contributed by atoms with E-state index in [0.717, 1.165) is 16.1 Å². The van der Waals surface area contributed by atoms with E-state index in [1.165, 1.54) is 11.3 Å². The maximum absolute atomic E-state index is 12.0. The molecule has 110 valence electrons. The zero-order chi connectivity index (χ0) is 15.4. The molecule has 3 rings (SSSR count). The van der Waals surface area contributed by atoms with Gasteiger partial charge in [0.25, 0.3) is 5.78 Å². The van der Waals surface area contributed by atoms with Gasteiger partial charge in [-0.3, -0.25) is 14.6 Å². The van der Waals surface area contributed by atoms with Gasteiger partial charge in [-0.05, 0) is 34.4 Å². The molecule has 0 unspecified atom stereocenters. The number of rotatable bonds is 6. The van der Waals surface area contributed by atoms with E-state index in [4.69, 9.17) is 0 Å². The molecule has 0 aliphatic rings. The average Bonchev–Trinajstić information content (AvgIpc) is 3.20. The Labute approximate surface area is 129 Å². The highest BCUT2D eigenvalue weighted by Crippen LogP contribution is 2.20. The van der Waals surface area contributed by atoms with Crippen LogP contribution in [0.4, 0.5) is 0 Å². The van der Waals surface area contributed by atoms with Crippen LogP contribution in [0.1, 0.15) is 26.8 Å². The van der Waals surface area contributed by atoms with E-state index >= 15 is 0 Å². The van der Waals surface area contributed by atoms with Crippen LogP contribution in [0.25, 0.3) is 0 Å². The summed E-state index contributed by atoms with van der Waals surface area (Å²) in [6, 6.07) is 7.64. The quantitative estimate of drug-likeness (QED) is 0.542. The molecule has 0 bridgehead atoms. The second-order valence-electron chi connectivity index (χ2n) is 4.53. The lowest BCUT2D eigenvalue weighted by Crippen LogP contribution is -2.18. The first kappa shape index (κ1) is 14.2. The number of carbonyl (C=O) groups excluding carboxylic acids is 2. The summed E-state index contributed by atoms with van der Waals surface area (Å²) in [7, 11) is 0. The third-order valence-electron chi connectivity index (χ3n) is 3.06. The number of carbonyl (C=O) groups is 2. The molecule has 7 nitrogen and oxygen atoms in total. The van der Waals surface area contributed by atoms with Crippen LogP contribution < -0.4 is 0 Å². The van der Waals surface area contributed by atoms with Crippen LogP contribution in [0.2, 0.25) is 0 Å². The van der Waals surface area contributed by atoms with Gasteiger partial charge in [0.15, 0.2) is 0 Å². The Bertz CT molecular complexity index is 783. The normalized spacial score (nSPS) is 10.5. The fourth-order valence-corrected chi connectivity index (χ4v) is 2.89. The molecule has 8 heteroatoms. The van der Waals surface area contributed by atoms with E-state index in [0.29, 0.717) is 6.42 Å². The van der Waals surface area contributed by atoms with Crippen LogP contribution >= 0.6 is 11.3 Å². The number of pyridine rings is 1. The van der Waals surface area contributed by atoms with Crippen molar-refractivity contribution in [2.75, 3.05) is 0 Å². The Morgan fingerprint density at radius 1 is 1.23 bits per heavy atom. The summed E-state index contributed by atoms with van der Waals surface area (Å²) >= 11 is 1.45. The SMILES string of the molecule is O=C(Cc1sccc1Cc1ccccn1)C(=O)c1nn[nH]n1. The lowest BCUT2D eigenvalue weighted by Gasteiger charge is -2.02. The van der Waals surface area contributed by atoms with Crippen LogP contribution in [-0.2, 0) is 17.6 Å². The Balaban J connectivity index is 1.72. The molecule has 3 aromatic heterocycles. The van der Waals surface area contributed by atoms with Gasteiger partial charge in [0.1, 0.15) is 0 Å². The maximum Gasteiger partial charge on any atom is 0.269 e. The zero-order valence-electron chi connectivity index (χ0n) is 11.4. The van der Waals surface area contributed by atoms with Crippen molar-refractivity contribution in [3.8, 4) is 0 Å². The summed E-state index contributed by atoms with van der Waals surface area (Å²) in [4.78, 5) is 29.0. The highest BCUT2D eigenvalue weighted by atomic mass is 32.1. The van der Waals surface area contributed by atoms with Gasteiger partial charge in [0.05, 0.1) is 0 Å². The number of thiophene rings is 1. The van der Waals surface area contributed by atoms with E-state index in [-0.39, 0.29) is 12.2 Å². The van der Waals surface area contributed by atoms with Crippen LogP contribution in [0, 0.1) is 0 Å². The van der Waals surface area contributed by atoms with E-state index in [1.54, 1.807) is 6.20 Å². The number of nitrogens with zero attached hydrogens (tertiary/aromatic N) is 4. The lowest BCUT2D eigenvalue weighted by molar-refractivity contribution is -0.114. The minimum atomic E-state index is -0.731. The van der Waals surface area contributed by atoms with Crippen molar-refractivity contribution in [3.63, 3.8) is 0 Å². The van der Waals surface area contributed by atoms with E-state index in [2.05, 4.69) is 25.6 Å². The molecule has 3 aromatic rings. The fourth-order valence-electron chi connectivity index (χ4n) is 1.99. The number of nitrogens with one attached hydrogen (secondary N) is 1. The molecule has 0 spiro atoms. The Kier molecular flexibility index (Phi) is 4.10. The maximum atomic E-state index is 12.0. The Morgan fingerprint density at radius 3 is 2.86 bits per heavy atom. The number of aromatic nitrogens is 5. The molecule has 0 saturated carbocycles. The molecule has 0 aliphatic heterocycles. The summed E-state index contributed by atoms with van der Waals surface area (Å²) in [5.41, 5.74) is 1.91. The molecule has 0 aromatic carbocycles. The molecule has 0 radical (unpaired) electrons. The van der Waals surface area contributed by atoms with E-state index in [9.17, 15) is 9.59 Å². The summed E-state index contributed by atoms with van der Waals surface area (Å²) in [6.07, 6.45) is 2.39. The van der Waals surface area contributed by atoms with Gasteiger partial charge < -0.3 is 0 Å². The first-order chi connectivity index (χ1) is 10.7. The van der Waals surface area contributed by atoms with Crippen LogP contribution in [-0.4, -0.2) is 37.2 Å². The van der Waals surface area contributed by atoms with Gasteiger partial charge in [-0.2, -0.15) is 5.21 Å². The van der Waals surface area contributed by atoms with Gasteiger partial charge >= 0.3 is 0 Å². The molecule has 0 saturated heterocycles. The molecule has 3 heterocycles. The summed E-state index contributed by atoms with van der Waals surface area (Å²) in [5.74, 6) is -1.48. The Morgan fingerprint density at radius 2 is 2.14 bits per heavy atom. The molecule has 0 fully saturated rings. The number of tetrazole rings is 1. The number of hydrogen-bond donors (Lipinski definition) is 1. The van der Waals surface area contributed by atoms with Crippen LogP contribution in [0.15, 0.2) is 35.8 Å². The Hall–Kier alpha value is -2.74. The first-order valence-electron chi connectivity index (χ1n) is 6.50. The van der Waals surface area contributed by atoms with Crippen molar-refractivity contribution < 1.29 is 9.59 Å². The predicted molar refractivity (Wildman–Crippen MR) is 78.6 cm³/mol. The van der Waals surface area contributed by atoms with Gasteiger partial charge in [0.2, 0.25) is 11.6 Å². The topological polar surface area (TPSA) is 101 Å². The molecule has 0 atom stereocenters. The number of H-pyrrole nitrogens is 1. The minimum Gasteiger partial charge on any atom is -0.290 e. The van der Waals surface area contributed by atoms with Crippen molar-refractivity contribution in [1.29, 1.82) is 0 Å². The smallest absolute Gasteiger partial charge is 0.269 e. The third-order valence-corrected chi connectivity index (χ3v) is 4.02. The van der Waals surface area contributed by atoms with Crippen LogP contribution in [0.5, 0.6) is 0 Å². The number of ketones is 2. The largest absolute Gasteiger partial charge is 0.290 e. The minimum absolute atomic E-state index is 0.0349. The molecular formula is C14H11N5O2S. The summed E-state index contributed by atoms with van der Waals surface area (Å²) < 4.78 is 0. The second kappa shape index (κ2) is 6.35. The van der Waals surface area contributed by atoms with Gasteiger partial charge in [-0.25, -0.2) is 0 Å². The molecule has 22 heavy (non-hydrogen) atoms. The fraction of sp³-hybridized carbons (Fsp3) is 0.143. The molecule has 0 amide bonds. The lowest BCUT2D eigenvalue weighted by atomic mass is 10.1. The van der Waals surface area contributed by atoms with Crippen molar-refractivity contribution >= 4 is 22.9 Å².